The number of carbonyl (C=O) groups is 1. The van der Waals surface area contributed by atoms with Crippen molar-refractivity contribution in [1.82, 2.24) is 4.98 Å². The lowest BCUT2D eigenvalue weighted by Crippen LogP contribution is -2.18. The quantitative estimate of drug-likeness (QED) is 0.800. The molecular weight excluding hydrogens is 256 g/mol. The van der Waals surface area contributed by atoms with Crippen LogP contribution in [0.4, 0.5) is 5.69 Å². The van der Waals surface area contributed by atoms with Crippen LogP contribution in [0.1, 0.15) is 23.0 Å². The second kappa shape index (κ2) is 5.81. The highest BCUT2D eigenvalue weighted by atomic mass is 32.2. The number of aromatic nitrogens is 1. The molecule has 0 aliphatic carbocycles. The lowest BCUT2D eigenvalue weighted by atomic mass is 10.2. The summed E-state index contributed by atoms with van der Waals surface area (Å²) in [6.07, 6.45) is 1.26. The van der Waals surface area contributed by atoms with Crippen LogP contribution in [0.15, 0.2) is 12.3 Å². The number of nitrogens with one attached hydrogen (secondary N) is 1. The first-order chi connectivity index (χ1) is 8.35. The molecule has 0 saturated carbocycles. The van der Waals surface area contributed by atoms with Gasteiger partial charge in [0.2, 0.25) is 0 Å². The molecule has 0 aliphatic heterocycles. The smallest absolute Gasteiger partial charge is 0.339 e. The van der Waals surface area contributed by atoms with Crippen molar-refractivity contribution in [1.29, 1.82) is 0 Å². The SMILES string of the molecule is CCS(=O)(=O)CCNc1cc(C)ncc1C(=O)O. The molecule has 1 rings (SSSR count). The highest BCUT2D eigenvalue weighted by molar-refractivity contribution is 7.91. The molecule has 1 aromatic rings. The van der Waals surface area contributed by atoms with Crippen molar-refractivity contribution in [2.24, 2.45) is 0 Å². The van der Waals surface area contributed by atoms with Gasteiger partial charge in [0.1, 0.15) is 5.56 Å². The van der Waals surface area contributed by atoms with E-state index in [1.165, 1.54) is 6.20 Å². The van der Waals surface area contributed by atoms with E-state index in [0.29, 0.717) is 11.4 Å². The molecule has 6 nitrogen and oxygen atoms in total. The van der Waals surface area contributed by atoms with Gasteiger partial charge in [-0.25, -0.2) is 13.2 Å². The fourth-order valence-electron chi connectivity index (χ4n) is 1.36. The minimum Gasteiger partial charge on any atom is -0.478 e. The Bertz CT molecular complexity index is 540. The number of sulfone groups is 1. The third kappa shape index (κ3) is 3.99. The second-order valence-corrected chi connectivity index (χ2v) is 6.31. The molecule has 1 heterocycles. The van der Waals surface area contributed by atoms with Gasteiger partial charge in [-0.05, 0) is 13.0 Å². The van der Waals surface area contributed by atoms with Gasteiger partial charge in [-0.15, -0.1) is 0 Å². The third-order valence-corrected chi connectivity index (χ3v) is 4.15. The zero-order valence-electron chi connectivity index (χ0n) is 10.3. The Labute approximate surface area is 106 Å². The lowest BCUT2D eigenvalue weighted by Gasteiger charge is -2.09. The first-order valence-corrected chi connectivity index (χ1v) is 7.32. The first-order valence-electron chi connectivity index (χ1n) is 5.50. The topological polar surface area (TPSA) is 96.4 Å². The van der Waals surface area contributed by atoms with Crippen molar-refractivity contribution in [3.63, 3.8) is 0 Å². The van der Waals surface area contributed by atoms with Gasteiger partial charge in [-0.1, -0.05) is 6.92 Å². The second-order valence-electron chi connectivity index (χ2n) is 3.84. The van der Waals surface area contributed by atoms with Gasteiger partial charge in [0, 0.05) is 24.2 Å². The van der Waals surface area contributed by atoms with E-state index in [1.807, 2.05) is 0 Å². The van der Waals surface area contributed by atoms with Crippen molar-refractivity contribution in [2.75, 3.05) is 23.4 Å². The summed E-state index contributed by atoms with van der Waals surface area (Å²) in [6.45, 7) is 3.49. The van der Waals surface area contributed by atoms with Crippen LogP contribution in [0.5, 0.6) is 0 Å². The van der Waals surface area contributed by atoms with Crippen LogP contribution in [-0.4, -0.2) is 42.5 Å². The predicted octanol–water partition coefficient (Wildman–Crippen LogP) is 0.935. The van der Waals surface area contributed by atoms with Crippen LogP contribution in [0, 0.1) is 6.92 Å². The Kier molecular flexibility index (Phi) is 4.66. The van der Waals surface area contributed by atoms with Crippen LogP contribution in [-0.2, 0) is 9.84 Å². The van der Waals surface area contributed by atoms with E-state index in [4.69, 9.17) is 5.11 Å². The molecule has 2 N–H and O–H groups in total. The number of pyridine rings is 1. The van der Waals surface area contributed by atoms with E-state index in [-0.39, 0.29) is 23.6 Å². The van der Waals surface area contributed by atoms with Crippen LogP contribution < -0.4 is 5.32 Å². The zero-order valence-corrected chi connectivity index (χ0v) is 11.1. The number of aryl methyl sites for hydroxylation is 1. The van der Waals surface area contributed by atoms with Crippen LogP contribution >= 0.6 is 0 Å². The Morgan fingerprint density at radius 1 is 1.50 bits per heavy atom. The molecule has 0 fully saturated rings. The highest BCUT2D eigenvalue weighted by Gasteiger charge is 2.12. The van der Waals surface area contributed by atoms with Crippen molar-refractivity contribution < 1.29 is 18.3 Å². The maximum absolute atomic E-state index is 11.3. The zero-order chi connectivity index (χ0) is 13.8. The molecule has 0 radical (unpaired) electrons. The molecule has 0 aromatic carbocycles. The van der Waals surface area contributed by atoms with Gasteiger partial charge in [0.25, 0.3) is 0 Å². The number of aromatic carboxylic acids is 1. The number of rotatable bonds is 6. The molecule has 0 bridgehead atoms. The first kappa shape index (κ1) is 14.4. The highest BCUT2D eigenvalue weighted by Crippen LogP contribution is 2.15. The molecular formula is C11H16N2O4S. The summed E-state index contributed by atoms with van der Waals surface area (Å²) < 4.78 is 22.6. The normalized spacial score (nSPS) is 11.2. The number of carboxylic acids is 1. The van der Waals surface area contributed by atoms with Crippen molar-refractivity contribution in [3.05, 3.63) is 23.5 Å². The number of carboxylic acid groups (broad SMARTS) is 1. The van der Waals surface area contributed by atoms with Crippen molar-refractivity contribution >= 4 is 21.5 Å². The molecule has 0 spiro atoms. The van der Waals surface area contributed by atoms with Gasteiger partial charge < -0.3 is 10.4 Å². The van der Waals surface area contributed by atoms with Gasteiger partial charge in [-0.3, -0.25) is 4.98 Å². The Morgan fingerprint density at radius 3 is 2.72 bits per heavy atom. The minimum absolute atomic E-state index is 0.0239. The van der Waals surface area contributed by atoms with Crippen molar-refractivity contribution in [2.45, 2.75) is 13.8 Å². The minimum atomic E-state index is -3.06. The Hall–Kier alpha value is -1.63. The average molecular weight is 272 g/mol. The summed E-state index contributed by atoms with van der Waals surface area (Å²) >= 11 is 0. The van der Waals surface area contributed by atoms with E-state index in [1.54, 1.807) is 19.9 Å². The van der Waals surface area contributed by atoms with Gasteiger partial charge in [0.15, 0.2) is 9.84 Å². The summed E-state index contributed by atoms with van der Waals surface area (Å²) in [7, 11) is -3.06. The molecule has 100 valence electrons. The van der Waals surface area contributed by atoms with Crippen molar-refractivity contribution in [3.8, 4) is 0 Å². The molecule has 0 saturated heterocycles. The molecule has 0 unspecified atom stereocenters. The summed E-state index contributed by atoms with van der Waals surface area (Å²) in [5, 5.41) is 11.8. The third-order valence-electron chi connectivity index (χ3n) is 2.44. The lowest BCUT2D eigenvalue weighted by molar-refractivity contribution is 0.0697. The van der Waals surface area contributed by atoms with Gasteiger partial charge >= 0.3 is 5.97 Å². The molecule has 0 atom stereocenters. The summed E-state index contributed by atoms with van der Waals surface area (Å²) in [4.78, 5) is 14.8. The van der Waals surface area contributed by atoms with Gasteiger partial charge in [-0.2, -0.15) is 0 Å². The number of hydrogen-bond donors (Lipinski definition) is 2. The maximum atomic E-state index is 11.3. The fraction of sp³-hybridized carbons (Fsp3) is 0.455. The predicted molar refractivity (Wildman–Crippen MR) is 68.8 cm³/mol. The Balaban J connectivity index is 2.78. The van der Waals surface area contributed by atoms with Gasteiger partial charge in [0.05, 0.1) is 11.4 Å². The van der Waals surface area contributed by atoms with E-state index in [0.717, 1.165) is 0 Å². The monoisotopic (exact) mass is 272 g/mol. The average Bonchev–Trinajstić information content (AvgIpc) is 2.28. The van der Waals surface area contributed by atoms with E-state index >= 15 is 0 Å². The summed E-state index contributed by atoms with van der Waals surface area (Å²) in [6, 6.07) is 1.59. The van der Waals surface area contributed by atoms with E-state index in [2.05, 4.69) is 10.3 Å². The molecule has 1 aromatic heterocycles. The van der Waals surface area contributed by atoms with Crippen LogP contribution in [0.2, 0.25) is 0 Å². The summed E-state index contributed by atoms with van der Waals surface area (Å²) in [5.41, 5.74) is 1.09. The van der Waals surface area contributed by atoms with E-state index in [9.17, 15) is 13.2 Å². The Morgan fingerprint density at radius 2 is 2.17 bits per heavy atom. The number of anilines is 1. The van der Waals surface area contributed by atoms with Crippen LogP contribution in [0.25, 0.3) is 0 Å². The molecule has 0 amide bonds. The fourth-order valence-corrected chi connectivity index (χ4v) is 2.06. The maximum Gasteiger partial charge on any atom is 0.339 e. The number of nitrogens with zero attached hydrogens (tertiary/aromatic N) is 1. The summed E-state index contributed by atoms with van der Waals surface area (Å²) in [5.74, 6) is -1.04. The standard InChI is InChI=1S/C11H16N2O4S/c1-3-18(16,17)5-4-12-10-6-8(2)13-7-9(10)11(14)15/h6-7H,3-5H2,1-2H3,(H,12,13)(H,14,15). The number of hydrogen-bond acceptors (Lipinski definition) is 5. The van der Waals surface area contributed by atoms with E-state index < -0.39 is 15.8 Å². The molecule has 18 heavy (non-hydrogen) atoms. The molecule has 0 aliphatic rings. The largest absolute Gasteiger partial charge is 0.478 e. The van der Waals surface area contributed by atoms with Crippen LogP contribution in [0.3, 0.4) is 0 Å². The molecule has 7 heteroatoms.